The fraction of sp³-hybridized carbons (Fsp3) is 0.0952. The van der Waals surface area contributed by atoms with Gasteiger partial charge in [-0.3, -0.25) is 14.7 Å². The molecule has 4 rings (SSSR count). The van der Waals surface area contributed by atoms with Crippen LogP contribution >= 0.6 is 22.9 Å². The summed E-state index contributed by atoms with van der Waals surface area (Å²) in [6, 6.07) is 21.0. The Morgan fingerprint density at radius 2 is 1.78 bits per heavy atom. The summed E-state index contributed by atoms with van der Waals surface area (Å²) >= 11 is 7.75. The van der Waals surface area contributed by atoms with Crippen LogP contribution in [0.5, 0.6) is 0 Å². The van der Waals surface area contributed by atoms with Crippen LogP contribution in [0.3, 0.4) is 0 Å². The maximum Gasteiger partial charge on any atom is 0.233 e. The molecule has 0 fully saturated rings. The Kier molecular flexibility index (Phi) is 5.14. The summed E-state index contributed by atoms with van der Waals surface area (Å²) in [6.45, 7) is 0.365. The minimum atomic E-state index is -0.0622. The number of fused-ring (bicyclic) bond motifs is 1. The molecule has 2 aromatic heterocycles. The Bertz CT molecular complexity index is 1050. The fourth-order valence-corrected chi connectivity index (χ4v) is 3.98. The maximum atomic E-state index is 13.2. The summed E-state index contributed by atoms with van der Waals surface area (Å²) in [5, 5.41) is 1.26. The minimum Gasteiger partial charge on any atom is -0.282 e. The average Bonchev–Trinajstić information content (AvgIpc) is 3.12. The van der Waals surface area contributed by atoms with E-state index in [1.165, 1.54) is 11.3 Å². The smallest absolute Gasteiger partial charge is 0.233 e. The molecule has 0 aliphatic rings. The van der Waals surface area contributed by atoms with E-state index in [0.29, 0.717) is 16.7 Å². The molecule has 0 saturated carbocycles. The van der Waals surface area contributed by atoms with Crippen LogP contribution in [0.2, 0.25) is 5.02 Å². The first-order chi connectivity index (χ1) is 13.2. The van der Waals surface area contributed by atoms with Crippen molar-refractivity contribution in [3.05, 3.63) is 89.2 Å². The van der Waals surface area contributed by atoms with Crippen molar-refractivity contribution in [2.75, 3.05) is 4.90 Å². The molecule has 0 N–H and O–H groups in total. The molecule has 0 radical (unpaired) electrons. The van der Waals surface area contributed by atoms with E-state index in [-0.39, 0.29) is 12.3 Å². The van der Waals surface area contributed by atoms with E-state index < -0.39 is 0 Å². The van der Waals surface area contributed by atoms with Crippen molar-refractivity contribution < 1.29 is 4.79 Å². The number of carbonyl (C=O) groups excluding carboxylic acids is 1. The quantitative estimate of drug-likeness (QED) is 0.472. The van der Waals surface area contributed by atoms with Crippen molar-refractivity contribution >= 4 is 44.2 Å². The fourth-order valence-electron chi connectivity index (χ4n) is 2.79. The van der Waals surface area contributed by atoms with E-state index in [0.717, 1.165) is 21.5 Å². The third-order valence-electron chi connectivity index (χ3n) is 4.16. The third kappa shape index (κ3) is 3.99. The van der Waals surface area contributed by atoms with Crippen LogP contribution in [0.15, 0.2) is 72.9 Å². The van der Waals surface area contributed by atoms with Crippen LogP contribution in [-0.2, 0) is 17.8 Å². The van der Waals surface area contributed by atoms with Crippen LogP contribution in [0.4, 0.5) is 5.13 Å². The van der Waals surface area contributed by atoms with Gasteiger partial charge >= 0.3 is 0 Å². The van der Waals surface area contributed by atoms with Gasteiger partial charge in [0, 0.05) is 11.2 Å². The zero-order valence-corrected chi connectivity index (χ0v) is 16.0. The highest BCUT2D eigenvalue weighted by Gasteiger charge is 2.21. The van der Waals surface area contributed by atoms with Crippen LogP contribution in [0.25, 0.3) is 10.2 Å². The lowest BCUT2D eigenvalue weighted by Gasteiger charge is -2.20. The summed E-state index contributed by atoms with van der Waals surface area (Å²) < 4.78 is 1.05. The highest BCUT2D eigenvalue weighted by molar-refractivity contribution is 7.22. The lowest BCUT2D eigenvalue weighted by atomic mass is 10.1. The lowest BCUT2D eigenvalue weighted by molar-refractivity contribution is -0.118. The van der Waals surface area contributed by atoms with Crippen molar-refractivity contribution in [2.45, 2.75) is 13.0 Å². The number of rotatable bonds is 5. The molecule has 0 aliphatic carbocycles. The number of anilines is 1. The molecule has 0 atom stereocenters. The van der Waals surface area contributed by atoms with Gasteiger partial charge in [0.2, 0.25) is 5.91 Å². The number of carbonyl (C=O) groups is 1. The molecule has 2 heterocycles. The van der Waals surface area contributed by atoms with Crippen molar-refractivity contribution in [1.29, 1.82) is 0 Å². The predicted octanol–water partition coefficient (Wildman–Crippen LogP) is 5.12. The molecule has 4 nitrogen and oxygen atoms in total. The van der Waals surface area contributed by atoms with Crippen molar-refractivity contribution in [1.82, 2.24) is 9.97 Å². The predicted molar refractivity (Wildman–Crippen MR) is 110 cm³/mol. The van der Waals surface area contributed by atoms with E-state index in [4.69, 9.17) is 11.6 Å². The minimum absolute atomic E-state index is 0.0622. The van der Waals surface area contributed by atoms with Crippen LogP contribution in [-0.4, -0.2) is 15.9 Å². The number of aromatic nitrogens is 2. The first kappa shape index (κ1) is 17.6. The Morgan fingerprint density at radius 1 is 1.00 bits per heavy atom. The molecule has 0 bridgehead atoms. The first-order valence-electron chi connectivity index (χ1n) is 8.50. The van der Waals surface area contributed by atoms with Gasteiger partial charge < -0.3 is 0 Å². The average molecular weight is 394 g/mol. The van der Waals surface area contributed by atoms with E-state index in [1.807, 2.05) is 60.7 Å². The van der Waals surface area contributed by atoms with Crippen LogP contribution in [0, 0.1) is 0 Å². The molecule has 6 heteroatoms. The topological polar surface area (TPSA) is 46.1 Å². The van der Waals surface area contributed by atoms with Crippen molar-refractivity contribution in [2.24, 2.45) is 0 Å². The lowest BCUT2D eigenvalue weighted by Crippen LogP contribution is -2.32. The summed E-state index contributed by atoms with van der Waals surface area (Å²) in [5.41, 5.74) is 2.50. The van der Waals surface area contributed by atoms with Crippen LogP contribution < -0.4 is 4.90 Å². The number of hydrogen-bond donors (Lipinski definition) is 0. The number of halogens is 1. The molecule has 27 heavy (non-hydrogen) atoms. The highest BCUT2D eigenvalue weighted by Crippen LogP contribution is 2.30. The molecule has 0 saturated heterocycles. The molecule has 0 unspecified atom stereocenters. The zero-order chi connectivity index (χ0) is 18.6. The van der Waals surface area contributed by atoms with Crippen molar-refractivity contribution in [3.63, 3.8) is 0 Å². The van der Waals surface area contributed by atoms with Gasteiger partial charge in [-0.25, -0.2) is 4.98 Å². The number of para-hydroxylation sites is 1. The molecular formula is C21H16ClN3OS. The normalized spacial score (nSPS) is 10.9. The largest absolute Gasteiger partial charge is 0.282 e. The van der Waals surface area contributed by atoms with E-state index in [2.05, 4.69) is 9.97 Å². The van der Waals surface area contributed by atoms with Gasteiger partial charge in [0.05, 0.1) is 28.9 Å². The number of amides is 1. The molecule has 0 spiro atoms. The monoisotopic (exact) mass is 393 g/mol. The van der Waals surface area contributed by atoms with E-state index in [1.54, 1.807) is 17.2 Å². The Morgan fingerprint density at radius 3 is 2.56 bits per heavy atom. The second-order valence-corrected chi connectivity index (χ2v) is 7.45. The Hall–Kier alpha value is -2.76. The number of thiazole rings is 1. The van der Waals surface area contributed by atoms with E-state index in [9.17, 15) is 4.79 Å². The molecule has 1 amide bonds. The summed E-state index contributed by atoms with van der Waals surface area (Å²) in [4.78, 5) is 23.9. The summed E-state index contributed by atoms with van der Waals surface area (Å²) in [6.07, 6.45) is 1.94. The molecule has 2 aromatic carbocycles. The maximum absolute atomic E-state index is 13.2. The summed E-state index contributed by atoms with van der Waals surface area (Å²) in [7, 11) is 0. The number of hydrogen-bond acceptors (Lipinski definition) is 4. The first-order valence-corrected chi connectivity index (χ1v) is 9.69. The Labute approximate surface area is 166 Å². The van der Waals surface area contributed by atoms with Gasteiger partial charge in [-0.15, -0.1) is 0 Å². The van der Waals surface area contributed by atoms with Gasteiger partial charge in [0.1, 0.15) is 0 Å². The van der Waals surface area contributed by atoms with Gasteiger partial charge in [-0.1, -0.05) is 59.3 Å². The van der Waals surface area contributed by atoms with Crippen LogP contribution in [0.1, 0.15) is 11.3 Å². The molecular weight excluding hydrogens is 378 g/mol. The molecule has 0 aliphatic heterocycles. The van der Waals surface area contributed by atoms with Crippen molar-refractivity contribution in [3.8, 4) is 0 Å². The standard InChI is InChI=1S/C21H16ClN3OS/c22-17-9-2-1-7-15(17)13-20(26)25(14-16-8-5-6-12-23-16)21-24-18-10-3-4-11-19(18)27-21/h1-12H,13-14H2. The third-order valence-corrected chi connectivity index (χ3v) is 5.59. The Balaban J connectivity index is 1.68. The van der Waals surface area contributed by atoms with Gasteiger partial charge in [-0.05, 0) is 35.9 Å². The van der Waals surface area contributed by atoms with Gasteiger partial charge in [-0.2, -0.15) is 0 Å². The second kappa shape index (κ2) is 7.86. The van der Waals surface area contributed by atoms with E-state index >= 15 is 0 Å². The van der Waals surface area contributed by atoms with Gasteiger partial charge in [0.25, 0.3) is 0 Å². The highest BCUT2D eigenvalue weighted by atomic mass is 35.5. The second-order valence-electron chi connectivity index (χ2n) is 6.03. The molecule has 134 valence electrons. The number of nitrogens with zero attached hydrogens (tertiary/aromatic N) is 3. The summed E-state index contributed by atoms with van der Waals surface area (Å²) in [5.74, 6) is -0.0622. The zero-order valence-electron chi connectivity index (χ0n) is 14.4. The number of pyridine rings is 1. The SMILES string of the molecule is O=C(Cc1ccccc1Cl)N(Cc1ccccn1)c1nc2ccccc2s1. The number of benzene rings is 2. The van der Waals surface area contributed by atoms with Gasteiger partial charge in [0.15, 0.2) is 5.13 Å². The molecule has 4 aromatic rings.